The van der Waals surface area contributed by atoms with Gasteiger partial charge in [-0.1, -0.05) is 30.3 Å². The van der Waals surface area contributed by atoms with Crippen LogP contribution >= 0.6 is 24.0 Å². The molecule has 1 aliphatic heterocycles. The SMILES string of the molecule is CN=C(NCCCCN1CCN(C)CC1)NCCCOc1ccc2ccccc2c1.I. The van der Waals surface area contributed by atoms with E-state index in [1.807, 2.05) is 13.1 Å². The predicted octanol–water partition coefficient (Wildman–Crippen LogP) is 3.42. The average Bonchev–Trinajstić information content (AvgIpc) is 2.78. The van der Waals surface area contributed by atoms with Crippen molar-refractivity contribution in [2.75, 3.05) is 66.5 Å². The Kier molecular flexibility index (Phi) is 12.0. The minimum absolute atomic E-state index is 0. The van der Waals surface area contributed by atoms with Crippen LogP contribution in [0.2, 0.25) is 0 Å². The second-order valence-corrected chi connectivity index (χ2v) is 7.99. The number of nitrogens with zero attached hydrogens (tertiary/aromatic N) is 3. The molecule has 0 amide bonds. The van der Waals surface area contributed by atoms with E-state index in [-0.39, 0.29) is 24.0 Å². The fraction of sp³-hybridized carbons (Fsp3) is 0.542. The summed E-state index contributed by atoms with van der Waals surface area (Å²) in [6.45, 7) is 8.48. The maximum absolute atomic E-state index is 5.90. The van der Waals surface area contributed by atoms with Gasteiger partial charge in [0.25, 0.3) is 0 Å². The van der Waals surface area contributed by atoms with Crippen LogP contribution in [0.3, 0.4) is 0 Å². The summed E-state index contributed by atoms with van der Waals surface area (Å²) in [5.41, 5.74) is 0. The molecule has 0 unspecified atom stereocenters. The third-order valence-electron chi connectivity index (χ3n) is 5.62. The monoisotopic (exact) mass is 539 g/mol. The number of likely N-dealkylation sites (N-methyl/N-ethyl adjacent to an activating group) is 1. The molecule has 1 saturated heterocycles. The molecule has 1 heterocycles. The Balaban J connectivity index is 0.00000341. The van der Waals surface area contributed by atoms with Gasteiger partial charge in [-0.15, -0.1) is 24.0 Å². The number of piperazine rings is 1. The molecule has 0 bridgehead atoms. The summed E-state index contributed by atoms with van der Waals surface area (Å²) in [6.07, 6.45) is 3.32. The number of rotatable bonds is 10. The summed E-state index contributed by atoms with van der Waals surface area (Å²) >= 11 is 0. The highest BCUT2D eigenvalue weighted by Gasteiger charge is 2.12. The molecule has 0 radical (unpaired) electrons. The molecule has 0 aliphatic carbocycles. The lowest BCUT2D eigenvalue weighted by atomic mass is 10.1. The Morgan fingerprint density at radius 2 is 1.65 bits per heavy atom. The second-order valence-electron chi connectivity index (χ2n) is 7.99. The topological polar surface area (TPSA) is 52.1 Å². The van der Waals surface area contributed by atoms with Crippen LogP contribution in [-0.4, -0.2) is 82.3 Å². The number of nitrogens with one attached hydrogen (secondary N) is 2. The zero-order valence-electron chi connectivity index (χ0n) is 19.0. The van der Waals surface area contributed by atoms with Crippen LogP contribution < -0.4 is 15.4 Å². The largest absolute Gasteiger partial charge is 0.494 e. The molecule has 0 atom stereocenters. The normalized spacial score (nSPS) is 15.5. The summed E-state index contributed by atoms with van der Waals surface area (Å²) < 4.78 is 5.90. The fourth-order valence-corrected chi connectivity index (χ4v) is 3.69. The number of hydrogen-bond acceptors (Lipinski definition) is 4. The van der Waals surface area contributed by atoms with Crippen LogP contribution in [0.4, 0.5) is 0 Å². The van der Waals surface area contributed by atoms with Crippen LogP contribution in [0, 0.1) is 0 Å². The number of aliphatic imine (C=N–C) groups is 1. The highest BCUT2D eigenvalue weighted by molar-refractivity contribution is 14.0. The van der Waals surface area contributed by atoms with E-state index in [1.165, 1.54) is 49.9 Å². The Bertz CT molecular complexity index is 792. The van der Waals surface area contributed by atoms with Crippen LogP contribution in [-0.2, 0) is 0 Å². The molecular formula is C24H38IN5O. The highest BCUT2D eigenvalue weighted by Crippen LogP contribution is 2.20. The van der Waals surface area contributed by atoms with Crippen molar-refractivity contribution in [3.05, 3.63) is 42.5 Å². The van der Waals surface area contributed by atoms with E-state index in [9.17, 15) is 0 Å². The maximum atomic E-state index is 5.90. The van der Waals surface area contributed by atoms with Gasteiger partial charge in [-0.25, -0.2) is 0 Å². The Labute approximate surface area is 204 Å². The van der Waals surface area contributed by atoms with E-state index in [0.717, 1.165) is 37.6 Å². The van der Waals surface area contributed by atoms with E-state index in [0.29, 0.717) is 6.61 Å². The third-order valence-corrected chi connectivity index (χ3v) is 5.62. The summed E-state index contributed by atoms with van der Waals surface area (Å²) in [4.78, 5) is 9.29. The number of guanidine groups is 1. The van der Waals surface area contributed by atoms with E-state index in [1.54, 1.807) is 0 Å². The predicted molar refractivity (Wildman–Crippen MR) is 142 cm³/mol. The van der Waals surface area contributed by atoms with Crippen molar-refractivity contribution in [1.29, 1.82) is 0 Å². The molecule has 7 heteroatoms. The van der Waals surface area contributed by atoms with Crippen LogP contribution in [0.5, 0.6) is 5.75 Å². The molecule has 2 N–H and O–H groups in total. The molecule has 6 nitrogen and oxygen atoms in total. The summed E-state index contributed by atoms with van der Waals surface area (Å²) in [6, 6.07) is 14.6. The minimum atomic E-state index is 0. The van der Waals surface area contributed by atoms with Gasteiger partial charge in [0, 0.05) is 46.3 Å². The molecule has 2 aromatic carbocycles. The molecule has 31 heavy (non-hydrogen) atoms. The minimum Gasteiger partial charge on any atom is -0.494 e. The van der Waals surface area contributed by atoms with Gasteiger partial charge in [0.1, 0.15) is 5.75 Å². The number of fused-ring (bicyclic) bond motifs is 1. The number of unbranched alkanes of at least 4 members (excludes halogenated alkanes) is 1. The van der Waals surface area contributed by atoms with Crippen molar-refractivity contribution in [2.24, 2.45) is 4.99 Å². The molecule has 0 spiro atoms. The summed E-state index contributed by atoms with van der Waals surface area (Å²) in [5.74, 6) is 1.80. The van der Waals surface area contributed by atoms with Gasteiger partial charge in [0.05, 0.1) is 6.61 Å². The Hall–Kier alpha value is -1.58. The third kappa shape index (κ3) is 9.21. The van der Waals surface area contributed by atoms with Crippen molar-refractivity contribution in [3.63, 3.8) is 0 Å². The van der Waals surface area contributed by atoms with Gasteiger partial charge in [-0.3, -0.25) is 4.99 Å². The van der Waals surface area contributed by atoms with Gasteiger partial charge >= 0.3 is 0 Å². The first-order valence-electron chi connectivity index (χ1n) is 11.2. The second kappa shape index (κ2) is 14.5. The van der Waals surface area contributed by atoms with Crippen molar-refractivity contribution < 1.29 is 4.74 Å². The first kappa shape index (κ1) is 25.7. The molecular weight excluding hydrogens is 501 g/mol. The fourth-order valence-electron chi connectivity index (χ4n) is 3.69. The van der Waals surface area contributed by atoms with Crippen LogP contribution in [0.25, 0.3) is 10.8 Å². The number of benzene rings is 2. The first-order valence-corrected chi connectivity index (χ1v) is 11.2. The van der Waals surface area contributed by atoms with Crippen molar-refractivity contribution in [3.8, 4) is 5.75 Å². The van der Waals surface area contributed by atoms with Gasteiger partial charge < -0.3 is 25.2 Å². The van der Waals surface area contributed by atoms with Crippen LogP contribution in [0.1, 0.15) is 19.3 Å². The van der Waals surface area contributed by atoms with Crippen molar-refractivity contribution in [2.45, 2.75) is 19.3 Å². The quantitative estimate of drug-likeness (QED) is 0.210. The molecule has 2 aromatic rings. The molecule has 172 valence electrons. The van der Waals surface area contributed by atoms with E-state index in [4.69, 9.17) is 4.74 Å². The standard InChI is InChI=1S/C24H37N5O.HI/c1-25-24(26-12-5-6-14-29-17-15-28(2)16-18-29)27-13-7-19-30-23-11-10-21-8-3-4-9-22(21)20-23;/h3-4,8-11,20H,5-7,12-19H2,1-2H3,(H2,25,26,27);1H. The molecule has 1 aliphatic rings. The lowest BCUT2D eigenvalue weighted by molar-refractivity contribution is 0.152. The maximum Gasteiger partial charge on any atom is 0.190 e. The van der Waals surface area contributed by atoms with Gasteiger partial charge in [-0.05, 0) is 55.8 Å². The molecule has 1 fully saturated rings. The van der Waals surface area contributed by atoms with E-state index >= 15 is 0 Å². The van der Waals surface area contributed by atoms with E-state index < -0.39 is 0 Å². The van der Waals surface area contributed by atoms with Gasteiger partial charge in [-0.2, -0.15) is 0 Å². The zero-order valence-corrected chi connectivity index (χ0v) is 21.3. The van der Waals surface area contributed by atoms with Gasteiger partial charge in [0.15, 0.2) is 5.96 Å². The van der Waals surface area contributed by atoms with Crippen LogP contribution in [0.15, 0.2) is 47.5 Å². The average molecular weight is 540 g/mol. The van der Waals surface area contributed by atoms with Gasteiger partial charge in [0.2, 0.25) is 0 Å². The molecule has 0 aromatic heterocycles. The number of ether oxygens (including phenoxy) is 1. The number of halogens is 1. The number of hydrogen-bond donors (Lipinski definition) is 2. The lowest BCUT2D eigenvalue weighted by Gasteiger charge is -2.32. The van der Waals surface area contributed by atoms with E-state index in [2.05, 4.69) is 68.9 Å². The summed E-state index contributed by atoms with van der Waals surface area (Å²) in [7, 11) is 4.03. The Morgan fingerprint density at radius 3 is 2.39 bits per heavy atom. The Morgan fingerprint density at radius 1 is 0.935 bits per heavy atom. The zero-order chi connectivity index (χ0) is 21.0. The summed E-state index contributed by atoms with van der Waals surface area (Å²) in [5, 5.41) is 9.24. The van der Waals surface area contributed by atoms with Crippen molar-refractivity contribution >= 4 is 40.7 Å². The molecule has 0 saturated carbocycles. The smallest absolute Gasteiger partial charge is 0.190 e. The molecule has 3 rings (SSSR count). The highest BCUT2D eigenvalue weighted by atomic mass is 127. The van der Waals surface area contributed by atoms with Crippen molar-refractivity contribution in [1.82, 2.24) is 20.4 Å². The lowest BCUT2D eigenvalue weighted by Crippen LogP contribution is -2.44. The first-order chi connectivity index (χ1) is 14.7.